The SMILES string of the molecule is CC(C)CCc1nc(C(=O)O)nn1Cc1ccc(-c2ccccc2-c2nn[nH]n2)cc1. The zero-order valence-electron chi connectivity index (χ0n) is 17.4. The molecule has 0 aliphatic heterocycles. The van der Waals surface area contributed by atoms with Crippen molar-refractivity contribution in [3.05, 3.63) is 65.7 Å². The van der Waals surface area contributed by atoms with E-state index in [2.05, 4.69) is 44.6 Å². The number of tetrazole rings is 1. The van der Waals surface area contributed by atoms with Gasteiger partial charge in [0.1, 0.15) is 5.82 Å². The number of H-pyrrole nitrogens is 1. The molecule has 0 amide bonds. The maximum Gasteiger partial charge on any atom is 0.375 e. The average Bonchev–Trinajstić information content (AvgIpc) is 3.43. The molecule has 0 spiro atoms. The van der Waals surface area contributed by atoms with Gasteiger partial charge in [-0.1, -0.05) is 62.4 Å². The Morgan fingerprint density at radius 2 is 1.84 bits per heavy atom. The van der Waals surface area contributed by atoms with Gasteiger partial charge in [0.05, 0.1) is 6.54 Å². The smallest absolute Gasteiger partial charge is 0.375 e. The lowest BCUT2D eigenvalue weighted by Gasteiger charge is -2.10. The number of benzene rings is 2. The second-order valence-corrected chi connectivity index (χ2v) is 7.72. The molecule has 4 rings (SSSR count). The van der Waals surface area contributed by atoms with Crippen molar-refractivity contribution in [2.75, 3.05) is 0 Å². The molecule has 2 aromatic carbocycles. The normalized spacial score (nSPS) is 11.2. The zero-order chi connectivity index (χ0) is 21.8. The fourth-order valence-electron chi connectivity index (χ4n) is 3.36. The summed E-state index contributed by atoms with van der Waals surface area (Å²) >= 11 is 0. The van der Waals surface area contributed by atoms with Gasteiger partial charge < -0.3 is 5.11 Å². The molecule has 2 N–H and O–H groups in total. The molecular weight excluding hydrogens is 394 g/mol. The topological polar surface area (TPSA) is 122 Å². The Morgan fingerprint density at radius 1 is 1.10 bits per heavy atom. The second kappa shape index (κ2) is 8.86. The molecular formula is C22H23N7O2. The van der Waals surface area contributed by atoms with Crippen LogP contribution >= 0.6 is 0 Å². The Kier molecular flexibility index (Phi) is 5.83. The summed E-state index contributed by atoms with van der Waals surface area (Å²) in [5.41, 5.74) is 3.92. The lowest BCUT2D eigenvalue weighted by atomic mass is 9.98. The highest BCUT2D eigenvalue weighted by Crippen LogP contribution is 2.29. The molecule has 0 aliphatic rings. The summed E-state index contributed by atoms with van der Waals surface area (Å²) in [6.45, 7) is 4.72. The Morgan fingerprint density at radius 3 is 2.48 bits per heavy atom. The molecule has 0 atom stereocenters. The molecule has 0 fully saturated rings. The van der Waals surface area contributed by atoms with Crippen LogP contribution < -0.4 is 0 Å². The minimum Gasteiger partial charge on any atom is -0.475 e. The summed E-state index contributed by atoms with van der Waals surface area (Å²) in [5.74, 6) is 0.454. The van der Waals surface area contributed by atoms with Gasteiger partial charge in [0.15, 0.2) is 0 Å². The van der Waals surface area contributed by atoms with Gasteiger partial charge in [0.25, 0.3) is 5.82 Å². The third-order valence-corrected chi connectivity index (χ3v) is 5.00. The van der Waals surface area contributed by atoms with Gasteiger partial charge in [-0.05, 0) is 34.2 Å². The lowest BCUT2D eigenvalue weighted by molar-refractivity contribution is 0.0683. The van der Waals surface area contributed by atoms with Crippen LogP contribution in [0.2, 0.25) is 0 Å². The van der Waals surface area contributed by atoms with Crippen LogP contribution in [0.5, 0.6) is 0 Å². The number of aromatic amines is 1. The van der Waals surface area contributed by atoms with Crippen molar-refractivity contribution >= 4 is 5.97 Å². The molecule has 0 bridgehead atoms. The van der Waals surface area contributed by atoms with E-state index in [-0.39, 0.29) is 5.82 Å². The van der Waals surface area contributed by atoms with Crippen LogP contribution in [0.15, 0.2) is 48.5 Å². The van der Waals surface area contributed by atoms with Crippen molar-refractivity contribution in [2.45, 2.75) is 33.2 Å². The van der Waals surface area contributed by atoms with Crippen molar-refractivity contribution in [2.24, 2.45) is 5.92 Å². The third kappa shape index (κ3) is 4.66. The fraction of sp³-hybridized carbons (Fsp3) is 0.273. The summed E-state index contributed by atoms with van der Waals surface area (Å²) in [7, 11) is 0. The number of nitrogens with zero attached hydrogens (tertiary/aromatic N) is 6. The summed E-state index contributed by atoms with van der Waals surface area (Å²) in [5, 5.41) is 27.8. The first-order chi connectivity index (χ1) is 15.0. The molecule has 4 aromatic rings. The number of aryl methyl sites for hydroxylation is 1. The highest BCUT2D eigenvalue weighted by Gasteiger charge is 2.16. The van der Waals surface area contributed by atoms with E-state index in [9.17, 15) is 9.90 Å². The molecule has 9 heteroatoms. The molecule has 0 unspecified atom stereocenters. The molecule has 2 heterocycles. The summed E-state index contributed by atoms with van der Waals surface area (Å²) in [6, 6.07) is 15.9. The quantitative estimate of drug-likeness (QED) is 0.450. The van der Waals surface area contributed by atoms with Crippen LogP contribution in [0.3, 0.4) is 0 Å². The Labute approximate surface area is 179 Å². The number of aromatic carboxylic acids is 1. The standard InChI is InChI=1S/C22H23N7O2/c1-14(2)7-12-19-23-21(22(30)31)26-29(19)13-15-8-10-16(11-9-15)17-5-3-4-6-18(17)20-24-27-28-25-20/h3-6,8-11,14H,7,12-13H2,1-2H3,(H,30,31)(H,24,25,27,28). The minimum atomic E-state index is -1.11. The molecule has 0 aliphatic carbocycles. The first-order valence-corrected chi connectivity index (χ1v) is 10.1. The Bertz CT molecular complexity index is 1170. The number of carboxylic acid groups (broad SMARTS) is 1. The van der Waals surface area contributed by atoms with Crippen LogP contribution in [-0.2, 0) is 13.0 Å². The number of hydrogen-bond acceptors (Lipinski definition) is 6. The first kappa shape index (κ1) is 20.4. The third-order valence-electron chi connectivity index (χ3n) is 5.00. The van der Waals surface area contributed by atoms with Crippen LogP contribution in [0.25, 0.3) is 22.5 Å². The number of hydrogen-bond donors (Lipinski definition) is 2. The van der Waals surface area contributed by atoms with Gasteiger partial charge in [-0.25, -0.2) is 14.5 Å². The minimum absolute atomic E-state index is 0.163. The largest absolute Gasteiger partial charge is 0.475 e. The van der Waals surface area contributed by atoms with Gasteiger partial charge >= 0.3 is 5.97 Å². The highest BCUT2D eigenvalue weighted by atomic mass is 16.4. The number of rotatable bonds is 8. The fourth-order valence-corrected chi connectivity index (χ4v) is 3.36. The predicted molar refractivity (Wildman–Crippen MR) is 114 cm³/mol. The van der Waals surface area contributed by atoms with E-state index in [1.165, 1.54) is 0 Å². The van der Waals surface area contributed by atoms with Crippen molar-refractivity contribution in [3.63, 3.8) is 0 Å². The van der Waals surface area contributed by atoms with Gasteiger partial charge in [-0.15, -0.1) is 15.3 Å². The number of aromatic nitrogens is 7. The average molecular weight is 417 g/mol. The number of carboxylic acids is 1. The molecule has 0 saturated heterocycles. The molecule has 31 heavy (non-hydrogen) atoms. The zero-order valence-corrected chi connectivity index (χ0v) is 17.4. The lowest BCUT2D eigenvalue weighted by Crippen LogP contribution is -2.08. The van der Waals surface area contributed by atoms with Crippen LogP contribution in [0.1, 0.15) is 42.3 Å². The monoisotopic (exact) mass is 417 g/mol. The highest BCUT2D eigenvalue weighted by molar-refractivity contribution is 5.83. The summed E-state index contributed by atoms with van der Waals surface area (Å²) < 4.78 is 1.69. The predicted octanol–water partition coefficient (Wildman–Crippen LogP) is 3.46. The van der Waals surface area contributed by atoms with Gasteiger partial charge in [0, 0.05) is 12.0 Å². The molecule has 0 saturated carbocycles. The van der Waals surface area contributed by atoms with Crippen LogP contribution in [-0.4, -0.2) is 46.5 Å². The molecule has 2 aromatic heterocycles. The van der Waals surface area contributed by atoms with E-state index < -0.39 is 5.97 Å². The molecule has 158 valence electrons. The number of carbonyl (C=O) groups is 1. The second-order valence-electron chi connectivity index (χ2n) is 7.72. The van der Waals surface area contributed by atoms with Crippen molar-refractivity contribution in [3.8, 4) is 22.5 Å². The van der Waals surface area contributed by atoms with E-state index in [0.717, 1.165) is 28.7 Å². The van der Waals surface area contributed by atoms with Crippen LogP contribution in [0, 0.1) is 5.92 Å². The van der Waals surface area contributed by atoms with E-state index in [1.54, 1.807) is 4.68 Å². The summed E-state index contributed by atoms with van der Waals surface area (Å²) in [6.07, 6.45) is 1.61. The van der Waals surface area contributed by atoms with E-state index in [4.69, 9.17) is 0 Å². The van der Waals surface area contributed by atoms with Gasteiger partial charge in [-0.2, -0.15) is 5.21 Å². The molecule has 9 nitrogen and oxygen atoms in total. The van der Waals surface area contributed by atoms with E-state index in [0.29, 0.717) is 30.5 Å². The Hall–Kier alpha value is -3.88. The van der Waals surface area contributed by atoms with Gasteiger partial charge in [-0.3, -0.25) is 0 Å². The van der Waals surface area contributed by atoms with Crippen molar-refractivity contribution in [1.82, 2.24) is 35.4 Å². The summed E-state index contributed by atoms with van der Waals surface area (Å²) in [4.78, 5) is 15.5. The van der Waals surface area contributed by atoms with Crippen molar-refractivity contribution < 1.29 is 9.90 Å². The van der Waals surface area contributed by atoms with Crippen molar-refractivity contribution in [1.29, 1.82) is 0 Å². The Balaban J connectivity index is 1.59. The molecule has 0 radical (unpaired) electrons. The van der Waals surface area contributed by atoms with E-state index in [1.807, 2.05) is 48.5 Å². The van der Waals surface area contributed by atoms with E-state index >= 15 is 0 Å². The number of nitrogens with one attached hydrogen (secondary N) is 1. The maximum absolute atomic E-state index is 11.3. The first-order valence-electron chi connectivity index (χ1n) is 10.1. The maximum atomic E-state index is 11.3. The van der Waals surface area contributed by atoms with Gasteiger partial charge in [0.2, 0.25) is 5.82 Å². The van der Waals surface area contributed by atoms with Crippen LogP contribution in [0.4, 0.5) is 0 Å².